The molecule has 106 valence electrons. The van der Waals surface area contributed by atoms with Crippen LogP contribution in [0.15, 0.2) is 6.33 Å². The number of aliphatic hydroxyl groups is 1. The van der Waals surface area contributed by atoms with E-state index < -0.39 is 0 Å². The Labute approximate surface area is 115 Å². The highest BCUT2D eigenvalue weighted by atomic mass is 16.3. The smallest absolute Gasteiger partial charge is 0.153 e. The summed E-state index contributed by atoms with van der Waals surface area (Å²) in [7, 11) is 0. The first-order valence-electron chi connectivity index (χ1n) is 7.70. The molecule has 1 heterocycles. The Kier molecular flexibility index (Phi) is 3.37. The van der Waals surface area contributed by atoms with Gasteiger partial charge in [0.15, 0.2) is 5.82 Å². The van der Waals surface area contributed by atoms with Crippen molar-refractivity contribution >= 4 is 0 Å². The summed E-state index contributed by atoms with van der Waals surface area (Å²) in [4.78, 5) is 4.44. The molecule has 0 amide bonds. The molecule has 0 radical (unpaired) electrons. The number of hydrogen-bond acceptors (Lipinski definition) is 3. The standard InChI is InChI=1S/C15H25N3O/c1-11(2)14-16-10-18(17-14)13-9-12(19)5-8-15(13)6-3-4-7-15/h10-13,19H,3-9H2,1-2H3. The Morgan fingerprint density at radius 2 is 2.05 bits per heavy atom. The third-order valence-electron chi connectivity index (χ3n) is 5.14. The fourth-order valence-corrected chi connectivity index (χ4v) is 4.00. The lowest BCUT2D eigenvalue weighted by Crippen LogP contribution is -2.38. The molecular formula is C15H25N3O. The van der Waals surface area contributed by atoms with Gasteiger partial charge in [0.05, 0.1) is 12.1 Å². The molecule has 2 fully saturated rings. The summed E-state index contributed by atoms with van der Waals surface area (Å²) in [5.74, 6) is 1.29. The molecule has 0 aliphatic heterocycles. The quantitative estimate of drug-likeness (QED) is 0.892. The third kappa shape index (κ3) is 2.31. The van der Waals surface area contributed by atoms with Gasteiger partial charge in [0.1, 0.15) is 6.33 Å². The van der Waals surface area contributed by atoms with Crippen LogP contribution >= 0.6 is 0 Å². The maximum Gasteiger partial charge on any atom is 0.153 e. The van der Waals surface area contributed by atoms with Gasteiger partial charge in [-0.15, -0.1) is 0 Å². The molecule has 2 atom stereocenters. The van der Waals surface area contributed by atoms with E-state index in [1.807, 2.05) is 6.33 Å². The second-order valence-electron chi connectivity index (χ2n) is 6.75. The van der Waals surface area contributed by atoms with E-state index in [1.54, 1.807) is 0 Å². The third-order valence-corrected chi connectivity index (χ3v) is 5.14. The average molecular weight is 263 g/mol. The van der Waals surface area contributed by atoms with E-state index in [-0.39, 0.29) is 6.10 Å². The Morgan fingerprint density at radius 1 is 1.32 bits per heavy atom. The van der Waals surface area contributed by atoms with Crippen LogP contribution in [-0.2, 0) is 0 Å². The van der Waals surface area contributed by atoms with Gasteiger partial charge in [0.25, 0.3) is 0 Å². The van der Waals surface area contributed by atoms with E-state index in [4.69, 9.17) is 0 Å². The van der Waals surface area contributed by atoms with Crippen molar-refractivity contribution in [3.63, 3.8) is 0 Å². The van der Waals surface area contributed by atoms with Crippen LogP contribution in [0, 0.1) is 5.41 Å². The summed E-state index contributed by atoms with van der Waals surface area (Å²) in [6, 6.07) is 0.346. The monoisotopic (exact) mass is 263 g/mol. The lowest BCUT2D eigenvalue weighted by atomic mass is 9.68. The molecule has 2 aliphatic rings. The highest BCUT2D eigenvalue weighted by Gasteiger charge is 2.46. The van der Waals surface area contributed by atoms with Crippen molar-refractivity contribution in [3.05, 3.63) is 12.2 Å². The van der Waals surface area contributed by atoms with Crippen molar-refractivity contribution in [1.82, 2.24) is 14.8 Å². The Morgan fingerprint density at radius 3 is 2.68 bits per heavy atom. The first kappa shape index (κ1) is 13.1. The van der Waals surface area contributed by atoms with E-state index in [0.717, 1.165) is 25.1 Å². The summed E-state index contributed by atoms with van der Waals surface area (Å²) in [5, 5.41) is 14.7. The first-order chi connectivity index (χ1) is 9.11. The number of rotatable bonds is 2. The molecule has 19 heavy (non-hydrogen) atoms. The summed E-state index contributed by atoms with van der Waals surface area (Å²) in [6.45, 7) is 4.25. The van der Waals surface area contributed by atoms with Gasteiger partial charge in [-0.1, -0.05) is 26.7 Å². The average Bonchev–Trinajstić information content (AvgIpc) is 3.03. The molecule has 0 bridgehead atoms. The second kappa shape index (κ2) is 4.89. The Balaban J connectivity index is 1.89. The van der Waals surface area contributed by atoms with E-state index in [0.29, 0.717) is 17.4 Å². The lowest BCUT2D eigenvalue weighted by molar-refractivity contribution is 0.0121. The fourth-order valence-electron chi connectivity index (χ4n) is 4.00. The maximum atomic E-state index is 10.0. The minimum Gasteiger partial charge on any atom is -0.393 e. The topological polar surface area (TPSA) is 50.9 Å². The molecule has 4 nitrogen and oxygen atoms in total. The molecule has 3 rings (SSSR count). The van der Waals surface area contributed by atoms with Crippen LogP contribution in [0.25, 0.3) is 0 Å². The SMILES string of the molecule is CC(C)c1ncn(C2CC(O)CCC23CCCC3)n1. The van der Waals surface area contributed by atoms with E-state index >= 15 is 0 Å². The van der Waals surface area contributed by atoms with Crippen LogP contribution in [0.5, 0.6) is 0 Å². The van der Waals surface area contributed by atoms with Gasteiger partial charge >= 0.3 is 0 Å². The van der Waals surface area contributed by atoms with Crippen LogP contribution in [0.2, 0.25) is 0 Å². The summed E-state index contributed by atoms with van der Waals surface area (Å²) in [6.07, 6.45) is 9.93. The predicted octanol–water partition coefficient (Wildman–Crippen LogP) is 3.05. The zero-order valence-corrected chi connectivity index (χ0v) is 12.0. The van der Waals surface area contributed by atoms with Crippen molar-refractivity contribution in [3.8, 4) is 0 Å². The second-order valence-corrected chi connectivity index (χ2v) is 6.75. The van der Waals surface area contributed by atoms with Gasteiger partial charge in [-0.2, -0.15) is 5.10 Å². The van der Waals surface area contributed by atoms with Crippen LogP contribution < -0.4 is 0 Å². The fraction of sp³-hybridized carbons (Fsp3) is 0.867. The van der Waals surface area contributed by atoms with Gasteiger partial charge in [0.2, 0.25) is 0 Å². The Bertz CT molecular complexity index is 434. The largest absolute Gasteiger partial charge is 0.393 e. The predicted molar refractivity (Wildman–Crippen MR) is 73.9 cm³/mol. The summed E-state index contributed by atoms with van der Waals surface area (Å²) >= 11 is 0. The number of aromatic nitrogens is 3. The highest BCUT2D eigenvalue weighted by molar-refractivity contribution is 4.99. The van der Waals surface area contributed by atoms with Crippen LogP contribution in [0.1, 0.15) is 76.6 Å². The van der Waals surface area contributed by atoms with Crippen LogP contribution in [0.4, 0.5) is 0 Å². The molecular weight excluding hydrogens is 238 g/mol. The molecule has 0 saturated heterocycles. The van der Waals surface area contributed by atoms with Crippen LogP contribution in [0.3, 0.4) is 0 Å². The zero-order chi connectivity index (χ0) is 13.5. The van der Waals surface area contributed by atoms with Crippen molar-refractivity contribution in [2.75, 3.05) is 0 Å². The van der Waals surface area contributed by atoms with Gasteiger partial charge in [0, 0.05) is 5.92 Å². The van der Waals surface area contributed by atoms with E-state index in [1.165, 1.54) is 25.7 Å². The van der Waals surface area contributed by atoms with E-state index in [2.05, 4.69) is 28.6 Å². The van der Waals surface area contributed by atoms with Gasteiger partial charge in [-0.05, 0) is 37.5 Å². The molecule has 4 heteroatoms. The molecule has 1 aromatic heterocycles. The molecule has 1 aromatic rings. The van der Waals surface area contributed by atoms with Crippen molar-refractivity contribution in [2.24, 2.45) is 5.41 Å². The molecule has 1 spiro atoms. The van der Waals surface area contributed by atoms with E-state index in [9.17, 15) is 5.11 Å². The van der Waals surface area contributed by atoms with Gasteiger partial charge in [-0.25, -0.2) is 9.67 Å². The molecule has 2 unspecified atom stereocenters. The minimum absolute atomic E-state index is 0.164. The summed E-state index contributed by atoms with van der Waals surface area (Å²) < 4.78 is 2.06. The number of nitrogens with zero attached hydrogens (tertiary/aromatic N) is 3. The van der Waals surface area contributed by atoms with Crippen molar-refractivity contribution in [2.45, 2.75) is 76.9 Å². The molecule has 1 N–H and O–H groups in total. The minimum atomic E-state index is -0.164. The Hall–Kier alpha value is -0.900. The molecule has 0 aromatic carbocycles. The lowest BCUT2D eigenvalue weighted by Gasteiger charge is -2.43. The highest BCUT2D eigenvalue weighted by Crippen LogP contribution is 2.54. The normalized spacial score (nSPS) is 30.3. The van der Waals surface area contributed by atoms with Crippen molar-refractivity contribution < 1.29 is 5.11 Å². The maximum absolute atomic E-state index is 10.0. The number of hydrogen-bond donors (Lipinski definition) is 1. The zero-order valence-electron chi connectivity index (χ0n) is 12.0. The van der Waals surface area contributed by atoms with Crippen LogP contribution in [-0.4, -0.2) is 26.0 Å². The van der Waals surface area contributed by atoms with Gasteiger partial charge in [-0.3, -0.25) is 0 Å². The van der Waals surface area contributed by atoms with Crippen molar-refractivity contribution in [1.29, 1.82) is 0 Å². The number of aliphatic hydroxyl groups excluding tert-OH is 1. The van der Waals surface area contributed by atoms with Gasteiger partial charge < -0.3 is 5.11 Å². The summed E-state index contributed by atoms with van der Waals surface area (Å²) in [5.41, 5.74) is 0.376. The molecule has 2 aliphatic carbocycles. The first-order valence-corrected chi connectivity index (χ1v) is 7.70. The molecule has 2 saturated carbocycles.